The Kier molecular flexibility index (Phi) is 4.56. The molecule has 1 aliphatic rings. The first-order chi connectivity index (χ1) is 8.75. The van der Waals surface area contributed by atoms with Gasteiger partial charge in [-0.25, -0.2) is 0 Å². The van der Waals surface area contributed by atoms with Gasteiger partial charge in [-0.2, -0.15) is 0 Å². The van der Waals surface area contributed by atoms with Crippen LogP contribution >= 0.6 is 0 Å². The van der Waals surface area contributed by atoms with Gasteiger partial charge < -0.3 is 10.6 Å². The van der Waals surface area contributed by atoms with Crippen molar-refractivity contribution in [3.63, 3.8) is 0 Å². The van der Waals surface area contributed by atoms with Crippen LogP contribution in [0.3, 0.4) is 0 Å². The van der Waals surface area contributed by atoms with Crippen LogP contribution in [0.4, 0.5) is 5.69 Å². The summed E-state index contributed by atoms with van der Waals surface area (Å²) in [5.41, 5.74) is 6.42. The number of aromatic nitrogens is 1. The monoisotopic (exact) mass is 247 g/mol. The number of pyridine rings is 1. The molecule has 0 unspecified atom stereocenters. The molecule has 2 heterocycles. The van der Waals surface area contributed by atoms with Crippen LogP contribution in [0.5, 0.6) is 0 Å². The number of hydrogen-bond acceptors (Lipinski definition) is 3. The highest BCUT2D eigenvalue weighted by Gasteiger charge is 2.19. The Balaban J connectivity index is 1.73. The summed E-state index contributed by atoms with van der Waals surface area (Å²) in [6, 6.07) is 4.13. The molecule has 1 fully saturated rings. The minimum Gasteiger partial charge on any atom is -0.371 e. The second kappa shape index (κ2) is 6.38. The summed E-state index contributed by atoms with van der Waals surface area (Å²) in [5, 5.41) is 0. The molecular formula is C14H21N3O. The topological polar surface area (TPSA) is 59.2 Å². The lowest BCUT2D eigenvalue weighted by atomic mass is 9.91. The number of carbonyl (C=O) groups excluding carboxylic acids is 1. The van der Waals surface area contributed by atoms with Crippen molar-refractivity contribution in [1.29, 1.82) is 0 Å². The van der Waals surface area contributed by atoms with E-state index in [1.165, 1.54) is 18.5 Å². The van der Waals surface area contributed by atoms with E-state index in [0.29, 0.717) is 6.42 Å². The van der Waals surface area contributed by atoms with Gasteiger partial charge in [0.15, 0.2) is 0 Å². The standard InChI is InChI=1S/C14H21N3O/c15-14(18)3-1-2-12-6-10-17(11-7-12)13-4-8-16-9-5-13/h4-5,8-9,12H,1-3,6-7,10-11H2,(H2,15,18). The van der Waals surface area contributed by atoms with Crippen molar-refractivity contribution >= 4 is 11.6 Å². The fraction of sp³-hybridized carbons (Fsp3) is 0.571. The SMILES string of the molecule is NC(=O)CCCC1CCN(c2ccncc2)CC1. The predicted molar refractivity (Wildman–Crippen MR) is 72.2 cm³/mol. The molecule has 18 heavy (non-hydrogen) atoms. The predicted octanol–water partition coefficient (Wildman–Crippen LogP) is 1.95. The van der Waals surface area contributed by atoms with Crippen molar-refractivity contribution in [3.8, 4) is 0 Å². The summed E-state index contributed by atoms with van der Waals surface area (Å²) in [5.74, 6) is 0.576. The fourth-order valence-corrected chi connectivity index (χ4v) is 2.60. The molecule has 0 bridgehead atoms. The van der Waals surface area contributed by atoms with E-state index >= 15 is 0 Å². The van der Waals surface area contributed by atoms with E-state index < -0.39 is 0 Å². The van der Waals surface area contributed by atoms with Gasteiger partial charge in [-0.3, -0.25) is 9.78 Å². The number of hydrogen-bond donors (Lipinski definition) is 1. The number of piperidine rings is 1. The van der Waals surface area contributed by atoms with Crippen LogP contribution < -0.4 is 10.6 Å². The summed E-state index contributed by atoms with van der Waals surface area (Å²) in [4.78, 5) is 17.1. The van der Waals surface area contributed by atoms with Gasteiger partial charge >= 0.3 is 0 Å². The molecule has 0 aliphatic carbocycles. The molecule has 1 aromatic rings. The van der Waals surface area contributed by atoms with Crippen LogP contribution in [-0.2, 0) is 4.79 Å². The number of carbonyl (C=O) groups is 1. The first-order valence-electron chi connectivity index (χ1n) is 6.69. The molecule has 4 heteroatoms. The lowest BCUT2D eigenvalue weighted by Crippen LogP contribution is -2.33. The number of anilines is 1. The molecule has 0 aromatic carbocycles. The largest absolute Gasteiger partial charge is 0.371 e. The third-order valence-corrected chi connectivity index (χ3v) is 3.68. The lowest BCUT2D eigenvalue weighted by molar-refractivity contribution is -0.118. The minimum atomic E-state index is -0.177. The lowest BCUT2D eigenvalue weighted by Gasteiger charge is -2.33. The van der Waals surface area contributed by atoms with Crippen LogP contribution in [0.15, 0.2) is 24.5 Å². The van der Waals surface area contributed by atoms with Crippen molar-refractivity contribution in [2.75, 3.05) is 18.0 Å². The summed E-state index contributed by atoms with van der Waals surface area (Å²) < 4.78 is 0. The number of rotatable bonds is 5. The van der Waals surface area contributed by atoms with Gasteiger partial charge in [0.1, 0.15) is 0 Å². The van der Waals surface area contributed by atoms with Crippen LogP contribution in [0.25, 0.3) is 0 Å². The molecule has 1 saturated heterocycles. The zero-order valence-corrected chi connectivity index (χ0v) is 10.7. The van der Waals surface area contributed by atoms with E-state index in [1.807, 2.05) is 12.4 Å². The zero-order valence-electron chi connectivity index (χ0n) is 10.7. The highest BCUT2D eigenvalue weighted by atomic mass is 16.1. The molecule has 1 aromatic heterocycles. The molecule has 0 spiro atoms. The first kappa shape index (κ1) is 12.9. The van der Waals surface area contributed by atoms with Crippen molar-refractivity contribution in [2.45, 2.75) is 32.1 Å². The Labute approximate surface area is 108 Å². The van der Waals surface area contributed by atoms with E-state index in [2.05, 4.69) is 22.0 Å². The Morgan fingerprint density at radius 3 is 2.61 bits per heavy atom. The van der Waals surface area contributed by atoms with Gasteiger partial charge in [0.05, 0.1) is 0 Å². The quantitative estimate of drug-likeness (QED) is 0.865. The molecule has 2 N–H and O–H groups in total. The van der Waals surface area contributed by atoms with Crippen molar-refractivity contribution in [2.24, 2.45) is 11.7 Å². The van der Waals surface area contributed by atoms with Gasteiger partial charge in [0.25, 0.3) is 0 Å². The van der Waals surface area contributed by atoms with E-state index in [0.717, 1.165) is 31.8 Å². The molecular weight excluding hydrogens is 226 g/mol. The maximum Gasteiger partial charge on any atom is 0.217 e. The summed E-state index contributed by atoms with van der Waals surface area (Å²) in [6.45, 7) is 2.20. The molecule has 1 aliphatic heterocycles. The van der Waals surface area contributed by atoms with Crippen molar-refractivity contribution < 1.29 is 4.79 Å². The Morgan fingerprint density at radius 2 is 2.00 bits per heavy atom. The molecule has 4 nitrogen and oxygen atoms in total. The summed E-state index contributed by atoms with van der Waals surface area (Å²) in [6.07, 6.45) is 8.71. The van der Waals surface area contributed by atoms with E-state index in [1.54, 1.807) is 0 Å². The van der Waals surface area contributed by atoms with Crippen LogP contribution in [0.1, 0.15) is 32.1 Å². The molecule has 98 valence electrons. The Bertz CT molecular complexity index is 372. The smallest absolute Gasteiger partial charge is 0.217 e. The maximum atomic E-state index is 10.7. The Hall–Kier alpha value is -1.58. The summed E-state index contributed by atoms with van der Waals surface area (Å²) in [7, 11) is 0. The highest BCUT2D eigenvalue weighted by Crippen LogP contribution is 2.25. The Morgan fingerprint density at radius 1 is 1.33 bits per heavy atom. The van der Waals surface area contributed by atoms with Crippen molar-refractivity contribution in [1.82, 2.24) is 4.98 Å². The van der Waals surface area contributed by atoms with Crippen LogP contribution in [-0.4, -0.2) is 24.0 Å². The first-order valence-corrected chi connectivity index (χ1v) is 6.69. The number of nitrogens with zero attached hydrogens (tertiary/aromatic N) is 2. The average molecular weight is 247 g/mol. The second-order valence-corrected chi connectivity index (χ2v) is 4.99. The molecule has 2 rings (SSSR count). The van der Waals surface area contributed by atoms with Gasteiger partial charge in [0, 0.05) is 37.6 Å². The van der Waals surface area contributed by atoms with Gasteiger partial charge in [-0.1, -0.05) is 0 Å². The number of primary amides is 1. The van der Waals surface area contributed by atoms with Gasteiger partial charge in [-0.05, 0) is 43.7 Å². The molecule has 1 amide bonds. The molecule has 0 saturated carbocycles. The third kappa shape index (κ3) is 3.72. The number of amides is 1. The molecule has 0 atom stereocenters. The van der Waals surface area contributed by atoms with E-state index in [-0.39, 0.29) is 5.91 Å². The van der Waals surface area contributed by atoms with Crippen LogP contribution in [0, 0.1) is 5.92 Å². The van der Waals surface area contributed by atoms with Crippen molar-refractivity contribution in [3.05, 3.63) is 24.5 Å². The minimum absolute atomic E-state index is 0.177. The summed E-state index contributed by atoms with van der Waals surface area (Å²) >= 11 is 0. The highest BCUT2D eigenvalue weighted by molar-refractivity contribution is 5.73. The normalized spacial score (nSPS) is 16.8. The van der Waals surface area contributed by atoms with Gasteiger partial charge in [-0.15, -0.1) is 0 Å². The average Bonchev–Trinajstić information content (AvgIpc) is 2.40. The maximum absolute atomic E-state index is 10.7. The third-order valence-electron chi connectivity index (χ3n) is 3.68. The van der Waals surface area contributed by atoms with Crippen LogP contribution in [0.2, 0.25) is 0 Å². The van der Waals surface area contributed by atoms with E-state index in [9.17, 15) is 4.79 Å². The molecule has 0 radical (unpaired) electrons. The second-order valence-electron chi connectivity index (χ2n) is 4.99. The van der Waals surface area contributed by atoms with E-state index in [4.69, 9.17) is 5.73 Å². The fourth-order valence-electron chi connectivity index (χ4n) is 2.60. The van der Waals surface area contributed by atoms with Gasteiger partial charge in [0.2, 0.25) is 5.91 Å². The zero-order chi connectivity index (χ0) is 12.8. The number of nitrogens with two attached hydrogens (primary N) is 1.